The van der Waals surface area contributed by atoms with E-state index in [1.807, 2.05) is 6.92 Å². The Kier molecular flexibility index (Phi) is 2.98. The molecule has 0 radical (unpaired) electrons. The molecule has 1 aromatic heterocycles. The quantitative estimate of drug-likeness (QED) is 0.787. The van der Waals surface area contributed by atoms with Gasteiger partial charge >= 0.3 is 0 Å². The third kappa shape index (κ3) is 2.27. The standard InChI is InChI=1S/C14H14N4O2/c1-8(11-6-15-16-7-11)17-14(20)9-2-3-12-10(4-9)5-13(19)18-12/h2-4,6-8H,5H2,1H3,(H,15,16)(H,17,20)(H,18,19). The number of rotatable bonds is 3. The molecule has 2 amide bonds. The van der Waals surface area contributed by atoms with Gasteiger partial charge in [0.2, 0.25) is 5.91 Å². The first-order chi connectivity index (χ1) is 9.63. The smallest absolute Gasteiger partial charge is 0.251 e. The highest BCUT2D eigenvalue weighted by Gasteiger charge is 2.19. The number of anilines is 1. The molecule has 0 bridgehead atoms. The summed E-state index contributed by atoms with van der Waals surface area (Å²) in [6.07, 6.45) is 3.75. The maximum atomic E-state index is 12.2. The van der Waals surface area contributed by atoms with Crippen molar-refractivity contribution in [3.8, 4) is 0 Å². The first-order valence-electron chi connectivity index (χ1n) is 6.36. The van der Waals surface area contributed by atoms with Crippen molar-refractivity contribution in [2.75, 3.05) is 5.32 Å². The third-order valence-corrected chi connectivity index (χ3v) is 3.36. The second-order valence-corrected chi connectivity index (χ2v) is 4.82. The lowest BCUT2D eigenvalue weighted by atomic mass is 10.1. The summed E-state index contributed by atoms with van der Waals surface area (Å²) >= 11 is 0. The molecule has 1 aliphatic heterocycles. The Balaban J connectivity index is 1.75. The van der Waals surface area contributed by atoms with Gasteiger partial charge in [-0.1, -0.05) is 0 Å². The maximum absolute atomic E-state index is 12.2. The van der Waals surface area contributed by atoms with Crippen molar-refractivity contribution >= 4 is 17.5 Å². The molecule has 1 unspecified atom stereocenters. The molecule has 2 aromatic rings. The van der Waals surface area contributed by atoms with Crippen LogP contribution in [-0.2, 0) is 11.2 Å². The summed E-state index contributed by atoms with van der Waals surface area (Å²) in [4.78, 5) is 23.5. The van der Waals surface area contributed by atoms with Crippen LogP contribution in [0, 0.1) is 0 Å². The summed E-state index contributed by atoms with van der Waals surface area (Å²) in [6, 6.07) is 5.10. The highest BCUT2D eigenvalue weighted by molar-refractivity contribution is 6.01. The van der Waals surface area contributed by atoms with Crippen LogP contribution in [0.1, 0.15) is 34.5 Å². The monoisotopic (exact) mass is 270 g/mol. The van der Waals surface area contributed by atoms with E-state index in [4.69, 9.17) is 0 Å². The Bertz CT molecular complexity index is 664. The summed E-state index contributed by atoms with van der Waals surface area (Å²) in [5, 5.41) is 12.2. The van der Waals surface area contributed by atoms with Crippen LogP contribution in [0.3, 0.4) is 0 Å². The van der Waals surface area contributed by atoms with Crippen molar-refractivity contribution in [1.29, 1.82) is 0 Å². The highest BCUT2D eigenvalue weighted by Crippen LogP contribution is 2.24. The number of aromatic nitrogens is 2. The van der Waals surface area contributed by atoms with Crippen LogP contribution in [0.25, 0.3) is 0 Å². The van der Waals surface area contributed by atoms with Crippen LogP contribution in [-0.4, -0.2) is 22.0 Å². The van der Waals surface area contributed by atoms with Crippen LogP contribution in [0.2, 0.25) is 0 Å². The molecular weight excluding hydrogens is 256 g/mol. The number of nitrogens with one attached hydrogen (secondary N) is 3. The molecule has 0 spiro atoms. The Morgan fingerprint density at radius 3 is 3.05 bits per heavy atom. The van der Waals surface area contributed by atoms with E-state index in [1.54, 1.807) is 30.6 Å². The van der Waals surface area contributed by atoms with Crippen molar-refractivity contribution in [3.05, 3.63) is 47.3 Å². The fourth-order valence-electron chi connectivity index (χ4n) is 2.23. The Labute approximate surface area is 115 Å². The van der Waals surface area contributed by atoms with Gasteiger partial charge in [0.1, 0.15) is 0 Å². The van der Waals surface area contributed by atoms with Gasteiger partial charge in [0.15, 0.2) is 0 Å². The maximum Gasteiger partial charge on any atom is 0.251 e. The molecule has 3 rings (SSSR count). The largest absolute Gasteiger partial charge is 0.345 e. The van der Waals surface area contributed by atoms with Crippen LogP contribution >= 0.6 is 0 Å². The average molecular weight is 270 g/mol. The van der Waals surface area contributed by atoms with Gasteiger partial charge in [-0.3, -0.25) is 14.7 Å². The summed E-state index contributed by atoms with van der Waals surface area (Å²) in [5.41, 5.74) is 3.11. The first-order valence-corrected chi connectivity index (χ1v) is 6.36. The number of nitrogens with zero attached hydrogens (tertiary/aromatic N) is 1. The van der Waals surface area contributed by atoms with Gasteiger partial charge in [-0.15, -0.1) is 0 Å². The van der Waals surface area contributed by atoms with E-state index in [9.17, 15) is 9.59 Å². The fourth-order valence-corrected chi connectivity index (χ4v) is 2.23. The van der Waals surface area contributed by atoms with Crippen LogP contribution < -0.4 is 10.6 Å². The Morgan fingerprint density at radius 2 is 2.30 bits per heavy atom. The molecule has 2 heterocycles. The molecule has 3 N–H and O–H groups in total. The number of carbonyl (C=O) groups excluding carboxylic acids is 2. The number of aromatic amines is 1. The summed E-state index contributed by atoms with van der Waals surface area (Å²) < 4.78 is 0. The zero-order chi connectivity index (χ0) is 14.1. The summed E-state index contributed by atoms with van der Waals surface area (Å²) in [6.45, 7) is 1.89. The lowest BCUT2D eigenvalue weighted by Gasteiger charge is -2.12. The average Bonchev–Trinajstić information content (AvgIpc) is 3.05. The fraction of sp³-hybridized carbons (Fsp3) is 0.214. The Morgan fingerprint density at radius 1 is 1.45 bits per heavy atom. The van der Waals surface area contributed by atoms with E-state index < -0.39 is 0 Å². The van der Waals surface area contributed by atoms with E-state index in [2.05, 4.69) is 20.8 Å². The number of hydrogen-bond donors (Lipinski definition) is 3. The molecule has 20 heavy (non-hydrogen) atoms. The number of benzene rings is 1. The first kappa shape index (κ1) is 12.4. The highest BCUT2D eigenvalue weighted by atomic mass is 16.2. The molecule has 0 aliphatic carbocycles. The van der Waals surface area contributed by atoms with Crippen molar-refractivity contribution in [3.63, 3.8) is 0 Å². The van der Waals surface area contributed by atoms with Crippen LogP contribution in [0.4, 0.5) is 5.69 Å². The summed E-state index contributed by atoms with van der Waals surface area (Å²) in [5.74, 6) is -0.204. The molecular formula is C14H14N4O2. The van der Waals surface area contributed by atoms with E-state index >= 15 is 0 Å². The minimum Gasteiger partial charge on any atom is -0.345 e. The normalized spacial score (nSPS) is 14.6. The second kappa shape index (κ2) is 4.80. The number of H-pyrrole nitrogens is 1. The molecule has 6 heteroatoms. The van der Waals surface area contributed by atoms with Gasteiger partial charge in [0, 0.05) is 23.0 Å². The summed E-state index contributed by atoms with van der Waals surface area (Å²) in [7, 11) is 0. The minimum atomic E-state index is -0.166. The SMILES string of the molecule is CC(NC(=O)c1ccc2c(c1)CC(=O)N2)c1cn[nH]c1. The van der Waals surface area contributed by atoms with Crippen LogP contribution in [0.5, 0.6) is 0 Å². The van der Waals surface area contributed by atoms with Gasteiger partial charge in [0.05, 0.1) is 18.7 Å². The van der Waals surface area contributed by atoms with Crippen molar-refractivity contribution < 1.29 is 9.59 Å². The van der Waals surface area contributed by atoms with Gasteiger partial charge in [-0.25, -0.2) is 0 Å². The Hall–Kier alpha value is -2.63. The lowest BCUT2D eigenvalue weighted by Crippen LogP contribution is -2.26. The topological polar surface area (TPSA) is 86.9 Å². The van der Waals surface area contributed by atoms with Crippen LogP contribution in [0.15, 0.2) is 30.6 Å². The predicted molar refractivity (Wildman–Crippen MR) is 73.2 cm³/mol. The molecule has 0 saturated carbocycles. The number of fused-ring (bicyclic) bond motifs is 1. The minimum absolute atomic E-state index is 0.0377. The van der Waals surface area contributed by atoms with Gasteiger partial charge < -0.3 is 10.6 Å². The number of amides is 2. The third-order valence-electron chi connectivity index (χ3n) is 3.36. The van der Waals surface area contributed by atoms with E-state index in [-0.39, 0.29) is 17.9 Å². The number of carbonyl (C=O) groups is 2. The lowest BCUT2D eigenvalue weighted by molar-refractivity contribution is -0.115. The van der Waals surface area contributed by atoms with E-state index in [1.165, 1.54) is 0 Å². The van der Waals surface area contributed by atoms with Gasteiger partial charge in [-0.05, 0) is 30.7 Å². The zero-order valence-electron chi connectivity index (χ0n) is 10.9. The van der Waals surface area contributed by atoms with E-state index in [0.717, 1.165) is 16.8 Å². The molecule has 102 valence electrons. The predicted octanol–water partition coefficient (Wildman–Crippen LogP) is 1.40. The molecule has 6 nitrogen and oxygen atoms in total. The van der Waals surface area contributed by atoms with E-state index in [0.29, 0.717) is 12.0 Å². The molecule has 1 aliphatic rings. The van der Waals surface area contributed by atoms with Gasteiger partial charge in [0.25, 0.3) is 5.91 Å². The van der Waals surface area contributed by atoms with Crippen molar-refractivity contribution in [2.45, 2.75) is 19.4 Å². The van der Waals surface area contributed by atoms with Gasteiger partial charge in [-0.2, -0.15) is 5.10 Å². The number of hydrogen-bond acceptors (Lipinski definition) is 3. The molecule has 0 fully saturated rings. The molecule has 1 atom stereocenters. The van der Waals surface area contributed by atoms with Crippen molar-refractivity contribution in [1.82, 2.24) is 15.5 Å². The molecule has 0 saturated heterocycles. The molecule has 1 aromatic carbocycles. The zero-order valence-corrected chi connectivity index (χ0v) is 10.9. The second-order valence-electron chi connectivity index (χ2n) is 4.82. The van der Waals surface area contributed by atoms with Crippen molar-refractivity contribution in [2.24, 2.45) is 0 Å².